The van der Waals surface area contributed by atoms with E-state index in [1.54, 1.807) is 49.4 Å². The molecule has 0 aliphatic rings. The van der Waals surface area contributed by atoms with Crippen LogP contribution in [0, 0.1) is 0 Å². The van der Waals surface area contributed by atoms with E-state index >= 15 is 0 Å². The van der Waals surface area contributed by atoms with Gasteiger partial charge in [-0.25, -0.2) is 4.79 Å². The summed E-state index contributed by atoms with van der Waals surface area (Å²) in [6.45, 7) is 2.02. The topological polar surface area (TPSA) is 103 Å². The quantitative estimate of drug-likeness (QED) is 0.335. The van der Waals surface area contributed by atoms with Gasteiger partial charge in [0.25, 0.3) is 11.8 Å². The van der Waals surface area contributed by atoms with Crippen molar-refractivity contribution in [3.8, 4) is 11.5 Å². The summed E-state index contributed by atoms with van der Waals surface area (Å²) >= 11 is 5.82. The van der Waals surface area contributed by atoms with Gasteiger partial charge in [0, 0.05) is 22.8 Å². The summed E-state index contributed by atoms with van der Waals surface area (Å²) in [7, 11) is 0. The van der Waals surface area contributed by atoms with Crippen molar-refractivity contribution in [1.82, 2.24) is 5.32 Å². The van der Waals surface area contributed by atoms with Gasteiger partial charge in [-0.15, -0.1) is 0 Å². The second-order valence-corrected chi connectivity index (χ2v) is 7.42. The lowest BCUT2D eigenvalue weighted by Crippen LogP contribution is -2.28. The molecule has 0 unspecified atom stereocenters. The van der Waals surface area contributed by atoms with E-state index < -0.39 is 6.16 Å². The molecular formula is C25H23ClN2O6. The van der Waals surface area contributed by atoms with E-state index in [4.69, 9.17) is 25.8 Å². The lowest BCUT2D eigenvalue weighted by Gasteiger charge is -2.10. The van der Waals surface area contributed by atoms with E-state index in [9.17, 15) is 14.4 Å². The largest absolute Gasteiger partial charge is 0.513 e. The van der Waals surface area contributed by atoms with Crippen LogP contribution < -0.4 is 20.1 Å². The highest BCUT2D eigenvalue weighted by Gasteiger charge is 2.10. The molecule has 0 saturated heterocycles. The van der Waals surface area contributed by atoms with E-state index in [1.807, 2.05) is 6.07 Å². The van der Waals surface area contributed by atoms with Crippen LogP contribution in [-0.4, -0.2) is 31.2 Å². The Labute approximate surface area is 201 Å². The van der Waals surface area contributed by atoms with E-state index in [2.05, 4.69) is 10.6 Å². The normalized spacial score (nSPS) is 10.2. The number of carbonyl (C=O) groups is 3. The van der Waals surface area contributed by atoms with Gasteiger partial charge in [0.05, 0.1) is 6.61 Å². The van der Waals surface area contributed by atoms with Crippen molar-refractivity contribution in [3.63, 3.8) is 0 Å². The van der Waals surface area contributed by atoms with Crippen molar-refractivity contribution in [1.29, 1.82) is 0 Å². The summed E-state index contributed by atoms with van der Waals surface area (Å²) in [5.74, 6) is 0.201. The van der Waals surface area contributed by atoms with Gasteiger partial charge >= 0.3 is 6.16 Å². The molecule has 9 heteroatoms. The number of hydrogen-bond acceptors (Lipinski definition) is 6. The molecule has 3 rings (SSSR count). The minimum absolute atomic E-state index is 0.131. The maximum Gasteiger partial charge on any atom is 0.513 e. The van der Waals surface area contributed by atoms with Crippen molar-refractivity contribution in [3.05, 3.63) is 88.9 Å². The fraction of sp³-hybridized carbons (Fsp3) is 0.160. The fourth-order valence-corrected chi connectivity index (χ4v) is 2.94. The molecule has 0 fully saturated rings. The number of anilines is 1. The Morgan fingerprint density at radius 3 is 2.32 bits per heavy atom. The van der Waals surface area contributed by atoms with Crippen LogP contribution in [0.5, 0.6) is 11.5 Å². The third-order valence-corrected chi connectivity index (χ3v) is 4.69. The molecule has 2 N–H and O–H groups in total. The zero-order valence-electron chi connectivity index (χ0n) is 18.4. The number of nitrogens with one attached hydrogen (secondary N) is 2. The van der Waals surface area contributed by atoms with Crippen LogP contribution in [0.2, 0.25) is 5.02 Å². The summed E-state index contributed by atoms with van der Waals surface area (Å²) in [5, 5.41) is 6.15. The highest BCUT2D eigenvalue weighted by atomic mass is 35.5. The molecule has 0 saturated carbocycles. The maximum absolute atomic E-state index is 12.5. The van der Waals surface area contributed by atoms with Crippen LogP contribution in [0.1, 0.15) is 22.8 Å². The van der Waals surface area contributed by atoms with Gasteiger partial charge in [0.15, 0.2) is 6.61 Å². The molecular weight excluding hydrogens is 460 g/mol. The Hall–Kier alpha value is -4.04. The van der Waals surface area contributed by atoms with Crippen molar-refractivity contribution >= 4 is 35.3 Å². The Kier molecular flexibility index (Phi) is 8.88. The molecule has 0 bridgehead atoms. The number of halogens is 1. The number of hydrogen-bond donors (Lipinski definition) is 2. The van der Waals surface area contributed by atoms with Gasteiger partial charge in [0.2, 0.25) is 0 Å². The molecule has 0 heterocycles. The Morgan fingerprint density at radius 1 is 0.912 bits per heavy atom. The Morgan fingerprint density at radius 2 is 1.62 bits per heavy atom. The fourth-order valence-electron chi connectivity index (χ4n) is 2.81. The lowest BCUT2D eigenvalue weighted by atomic mass is 10.1. The summed E-state index contributed by atoms with van der Waals surface area (Å²) in [4.78, 5) is 35.9. The smallest absolute Gasteiger partial charge is 0.484 e. The molecule has 0 atom stereocenters. The first kappa shape index (κ1) is 24.6. The van der Waals surface area contributed by atoms with E-state index in [0.29, 0.717) is 22.0 Å². The van der Waals surface area contributed by atoms with Crippen molar-refractivity contribution < 1.29 is 28.6 Å². The predicted molar refractivity (Wildman–Crippen MR) is 127 cm³/mol. The monoisotopic (exact) mass is 482 g/mol. The van der Waals surface area contributed by atoms with Gasteiger partial charge in [-0.05, 0) is 73.2 Å². The van der Waals surface area contributed by atoms with Gasteiger partial charge in [-0.3, -0.25) is 9.59 Å². The number of amides is 2. The molecule has 3 aromatic rings. The van der Waals surface area contributed by atoms with Crippen molar-refractivity contribution in [2.24, 2.45) is 0 Å². The molecule has 8 nitrogen and oxygen atoms in total. The van der Waals surface area contributed by atoms with E-state index in [1.165, 1.54) is 24.3 Å². The third-order valence-electron chi connectivity index (χ3n) is 4.44. The average molecular weight is 483 g/mol. The molecule has 0 radical (unpaired) electrons. The highest BCUT2D eigenvalue weighted by Crippen LogP contribution is 2.17. The molecule has 0 aliphatic carbocycles. The lowest BCUT2D eigenvalue weighted by molar-refractivity contribution is -0.123. The van der Waals surface area contributed by atoms with Crippen LogP contribution in [0.25, 0.3) is 0 Å². The number of benzene rings is 3. The zero-order chi connectivity index (χ0) is 24.3. The maximum atomic E-state index is 12.5. The minimum Gasteiger partial charge on any atom is -0.484 e. The molecule has 3 aromatic carbocycles. The summed E-state index contributed by atoms with van der Waals surface area (Å²) < 4.78 is 15.1. The summed E-state index contributed by atoms with van der Waals surface area (Å²) in [6, 6.07) is 19.9. The first-order valence-electron chi connectivity index (χ1n) is 10.4. The van der Waals surface area contributed by atoms with Gasteiger partial charge in [-0.2, -0.15) is 0 Å². The Bertz CT molecular complexity index is 1130. The van der Waals surface area contributed by atoms with Crippen LogP contribution in [-0.2, 0) is 16.1 Å². The van der Waals surface area contributed by atoms with Gasteiger partial charge in [0.1, 0.15) is 11.5 Å². The first-order valence-corrected chi connectivity index (χ1v) is 10.8. The molecule has 0 aromatic heterocycles. The van der Waals surface area contributed by atoms with Gasteiger partial charge in [-0.1, -0.05) is 23.7 Å². The predicted octanol–water partition coefficient (Wildman–Crippen LogP) is 4.82. The highest BCUT2D eigenvalue weighted by molar-refractivity contribution is 6.30. The van der Waals surface area contributed by atoms with Crippen LogP contribution in [0.3, 0.4) is 0 Å². The minimum atomic E-state index is -0.805. The third kappa shape index (κ3) is 7.83. The van der Waals surface area contributed by atoms with Crippen LogP contribution >= 0.6 is 11.6 Å². The van der Waals surface area contributed by atoms with Crippen LogP contribution in [0.4, 0.5) is 10.5 Å². The molecule has 0 spiro atoms. The standard InChI is InChI=1S/C25H23ClN2O6/c1-2-32-25(31)34-22-10-6-18(7-11-22)24(30)28-20-5-3-4-17(14-20)15-27-23(29)16-33-21-12-8-19(26)9-13-21/h3-14H,2,15-16H2,1H3,(H,27,29)(H,28,30). The zero-order valence-corrected chi connectivity index (χ0v) is 19.1. The Balaban J connectivity index is 1.48. The molecule has 176 valence electrons. The summed E-state index contributed by atoms with van der Waals surface area (Å²) in [6.07, 6.45) is -0.805. The number of carbonyl (C=O) groups excluding carboxylic acids is 3. The molecule has 2 amide bonds. The molecule has 34 heavy (non-hydrogen) atoms. The second kappa shape index (κ2) is 12.3. The van der Waals surface area contributed by atoms with E-state index in [-0.39, 0.29) is 37.3 Å². The van der Waals surface area contributed by atoms with Crippen molar-refractivity contribution in [2.75, 3.05) is 18.5 Å². The molecule has 0 aliphatic heterocycles. The van der Waals surface area contributed by atoms with E-state index in [0.717, 1.165) is 5.56 Å². The van der Waals surface area contributed by atoms with Crippen molar-refractivity contribution in [2.45, 2.75) is 13.5 Å². The SMILES string of the molecule is CCOC(=O)Oc1ccc(C(=O)Nc2cccc(CNC(=O)COc3ccc(Cl)cc3)c2)cc1. The van der Waals surface area contributed by atoms with Gasteiger partial charge < -0.3 is 24.8 Å². The number of rotatable bonds is 9. The number of ether oxygens (including phenoxy) is 3. The second-order valence-electron chi connectivity index (χ2n) is 6.98. The first-order chi connectivity index (χ1) is 16.4. The van der Waals surface area contributed by atoms with Crippen LogP contribution in [0.15, 0.2) is 72.8 Å². The average Bonchev–Trinajstić information content (AvgIpc) is 2.83. The summed E-state index contributed by atoms with van der Waals surface area (Å²) in [5.41, 5.74) is 1.76.